The second-order valence-corrected chi connectivity index (χ2v) is 6.97. The number of nitrogens with zero attached hydrogens (tertiary/aromatic N) is 6. The maximum absolute atomic E-state index is 13.6. The van der Waals surface area contributed by atoms with Crippen LogP contribution in [-0.2, 0) is 0 Å². The zero-order chi connectivity index (χ0) is 21.3. The third-order valence-electron chi connectivity index (χ3n) is 5.10. The van der Waals surface area contributed by atoms with Crippen LogP contribution in [0, 0.1) is 17.5 Å². The van der Waals surface area contributed by atoms with Gasteiger partial charge in [-0.05, 0) is 17.7 Å². The van der Waals surface area contributed by atoms with Crippen molar-refractivity contribution in [2.45, 2.75) is 12.5 Å². The Kier molecular flexibility index (Phi) is 5.42. The predicted octanol–water partition coefficient (Wildman–Crippen LogP) is 2.61. The fourth-order valence-electron chi connectivity index (χ4n) is 3.57. The van der Waals surface area contributed by atoms with Crippen molar-refractivity contribution >= 4 is 24.0 Å². The van der Waals surface area contributed by atoms with E-state index in [1.165, 1.54) is 17.1 Å². The summed E-state index contributed by atoms with van der Waals surface area (Å²) in [6.45, 7) is 1.67. The van der Waals surface area contributed by atoms with Crippen LogP contribution >= 0.6 is 0 Å². The quantitative estimate of drug-likeness (QED) is 0.828. The molecule has 1 atom stereocenters. The van der Waals surface area contributed by atoms with Crippen molar-refractivity contribution in [2.24, 2.45) is 5.10 Å². The first-order valence-electron chi connectivity index (χ1n) is 9.48. The molecule has 2 amide bonds. The van der Waals surface area contributed by atoms with E-state index in [4.69, 9.17) is 0 Å². The Morgan fingerprint density at radius 2 is 1.80 bits per heavy atom. The van der Waals surface area contributed by atoms with Gasteiger partial charge in [-0.25, -0.2) is 28.0 Å². The van der Waals surface area contributed by atoms with Gasteiger partial charge in [0.05, 0.1) is 12.2 Å². The molecule has 2 aromatic rings. The van der Waals surface area contributed by atoms with Gasteiger partial charge in [-0.15, -0.1) is 0 Å². The van der Waals surface area contributed by atoms with E-state index in [1.54, 1.807) is 18.2 Å². The van der Waals surface area contributed by atoms with Crippen molar-refractivity contribution in [2.75, 3.05) is 43.4 Å². The van der Waals surface area contributed by atoms with Gasteiger partial charge < -0.3 is 15.1 Å². The van der Waals surface area contributed by atoms with Crippen LogP contribution in [0.5, 0.6) is 0 Å². The Bertz CT molecular complexity index is 958. The minimum Gasteiger partial charge on any atom is -0.371 e. The molecule has 158 valence electrons. The Labute approximate surface area is 171 Å². The lowest BCUT2D eigenvalue weighted by atomic mass is 10.0. The van der Waals surface area contributed by atoms with Gasteiger partial charge in [-0.2, -0.15) is 10.1 Å². The normalized spacial score (nSPS) is 18.8. The van der Waals surface area contributed by atoms with Crippen molar-refractivity contribution < 1.29 is 18.0 Å². The minimum absolute atomic E-state index is 0.107. The van der Waals surface area contributed by atoms with Gasteiger partial charge in [0.15, 0.2) is 11.6 Å². The van der Waals surface area contributed by atoms with Crippen molar-refractivity contribution in [1.29, 1.82) is 0 Å². The number of aromatic nitrogens is 2. The van der Waals surface area contributed by atoms with Crippen LogP contribution < -0.4 is 10.2 Å². The third-order valence-corrected chi connectivity index (χ3v) is 5.10. The summed E-state index contributed by atoms with van der Waals surface area (Å²) in [5, 5.41) is 8.06. The van der Waals surface area contributed by atoms with Gasteiger partial charge in [-0.3, -0.25) is 0 Å². The fourth-order valence-corrected chi connectivity index (χ4v) is 3.57. The van der Waals surface area contributed by atoms with Crippen molar-refractivity contribution in [1.82, 2.24) is 19.9 Å². The van der Waals surface area contributed by atoms with E-state index in [-0.39, 0.29) is 11.8 Å². The Morgan fingerprint density at radius 1 is 1.10 bits per heavy atom. The Balaban J connectivity index is 1.43. The monoisotopic (exact) mass is 419 g/mol. The summed E-state index contributed by atoms with van der Waals surface area (Å²) < 4.78 is 40.8. The average Bonchev–Trinajstić information content (AvgIpc) is 3.23. The lowest BCUT2D eigenvalue weighted by Crippen LogP contribution is -2.52. The van der Waals surface area contributed by atoms with Crippen LogP contribution in [0.1, 0.15) is 18.0 Å². The largest absolute Gasteiger partial charge is 0.371 e. The molecule has 2 aliphatic heterocycles. The number of carbonyl (C=O) groups excluding carboxylic acids is 1. The van der Waals surface area contributed by atoms with E-state index >= 15 is 0 Å². The molecule has 1 fully saturated rings. The molecule has 0 unspecified atom stereocenters. The molecule has 4 rings (SSSR count). The number of rotatable bonds is 3. The highest BCUT2D eigenvalue weighted by Gasteiger charge is 2.33. The zero-order valence-corrected chi connectivity index (χ0v) is 16.2. The van der Waals surface area contributed by atoms with E-state index in [0.717, 1.165) is 12.3 Å². The minimum atomic E-state index is -0.696. The lowest BCUT2D eigenvalue weighted by Gasteiger charge is -2.37. The van der Waals surface area contributed by atoms with Gasteiger partial charge in [0.2, 0.25) is 5.95 Å². The van der Waals surface area contributed by atoms with Gasteiger partial charge in [-0.1, -0.05) is 0 Å². The van der Waals surface area contributed by atoms with Crippen LogP contribution in [-0.4, -0.2) is 65.3 Å². The van der Waals surface area contributed by atoms with Gasteiger partial charge in [0, 0.05) is 51.9 Å². The molecule has 1 N–H and O–H groups in total. The highest BCUT2D eigenvalue weighted by molar-refractivity contribution is 5.78. The molecule has 3 heterocycles. The number of piperazine rings is 1. The van der Waals surface area contributed by atoms with Gasteiger partial charge in [0.25, 0.3) is 0 Å². The first-order valence-corrected chi connectivity index (χ1v) is 9.48. The highest BCUT2D eigenvalue weighted by atomic mass is 19.1. The van der Waals surface area contributed by atoms with E-state index < -0.39 is 23.5 Å². The molecule has 0 spiro atoms. The number of anilines is 2. The number of hydrazone groups is 1. The summed E-state index contributed by atoms with van der Waals surface area (Å²) in [5.41, 5.74) is 0.358. The molecule has 0 radical (unpaired) electrons. The summed E-state index contributed by atoms with van der Waals surface area (Å²) in [4.78, 5) is 24.6. The number of halogens is 3. The summed E-state index contributed by atoms with van der Waals surface area (Å²) in [7, 11) is 1.57. The predicted molar refractivity (Wildman–Crippen MR) is 105 cm³/mol. The number of urea groups is 1. The van der Waals surface area contributed by atoms with Crippen LogP contribution in [0.2, 0.25) is 0 Å². The van der Waals surface area contributed by atoms with Gasteiger partial charge in [0.1, 0.15) is 11.6 Å². The summed E-state index contributed by atoms with van der Waals surface area (Å²) in [6.07, 6.45) is 3.05. The lowest BCUT2D eigenvalue weighted by molar-refractivity contribution is 0.139. The van der Waals surface area contributed by atoms with E-state index in [9.17, 15) is 18.0 Å². The van der Waals surface area contributed by atoms with Crippen molar-refractivity contribution in [3.8, 4) is 0 Å². The maximum Gasteiger partial charge on any atom is 0.341 e. The number of carbonyl (C=O) groups is 1. The molecule has 2 aliphatic rings. The van der Waals surface area contributed by atoms with E-state index in [1.807, 2.05) is 4.90 Å². The maximum atomic E-state index is 13.6. The molecule has 0 aliphatic carbocycles. The first-order chi connectivity index (χ1) is 14.5. The van der Waals surface area contributed by atoms with Crippen LogP contribution in [0.15, 0.2) is 29.5 Å². The Hall–Kier alpha value is -3.37. The molecule has 30 heavy (non-hydrogen) atoms. The topological polar surface area (TPSA) is 77.0 Å². The molecular formula is C19H20F3N7O. The van der Waals surface area contributed by atoms with E-state index in [2.05, 4.69) is 20.4 Å². The summed E-state index contributed by atoms with van der Waals surface area (Å²) in [6, 6.07) is 2.33. The van der Waals surface area contributed by atoms with Crippen molar-refractivity contribution in [3.63, 3.8) is 0 Å². The number of nitrogens with one attached hydrogen (secondary N) is 1. The molecule has 0 saturated carbocycles. The van der Waals surface area contributed by atoms with Crippen LogP contribution in [0.3, 0.4) is 0 Å². The number of benzene rings is 1. The van der Waals surface area contributed by atoms with Crippen molar-refractivity contribution in [3.05, 3.63) is 47.4 Å². The first kappa shape index (κ1) is 19.9. The number of hydrogen-bond acceptors (Lipinski definition) is 6. The van der Waals surface area contributed by atoms with E-state index in [0.29, 0.717) is 44.1 Å². The smallest absolute Gasteiger partial charge is 0.341 e. The highest BCUT2D eigenvalue weighted by Crippen LogP contribution is 2.30. The fraction of sp³-hybridized carbons (Fsp3) is 0.368. The second-order valence-electron chi connectivity index (χ2n) is 6.97. The zero-order valence-electron chi connectivity index (χ0n) is 16.2. The Morgan fingerprint density at radius 3 is 2.47 bits per heavy atom. The van der Waals surface area contributed by atoms with Gasteiger partial charge >= 0.3 is 6.03 Å². The summed E-state index contributed by atoms with van der Waals surface area (Å²) >= 11 is 0. The van der Waals surface area contributed by atoms with Crippen LogP contribution in [0.25, 0.3) is 0 Å². The summed E-state index contributed by atoms with van der Waals surface area (Å²) in [5.74, 6) is -1.45. The van der Waals surface area contributed by atoms with Crippen LogP contribution in [0.4, 0.5) is 29.7 Å². The average molecular weight is 419 g/mol. The molecule has 0 bridgehead atoms. The molecule has 1 aromatic carbocycles. The standard InChI is InChI=1S/C19H20F3N7O/c1-23-17-15(22)11-24-18(26-17)27-4-6-28(7-5-27)19(30)29-16(2-3-25-29)12-8-13(20)10-14(21)9-12/h3,8-11,16H,2,4-7H2,1H3,(H,23,24,26)/t16-/m0/s1. The molecule has 1 aromatic heterocycles. The molecule has 8 nitrogen and oxygen atoms in total. The molecule has 1 saturated heterocycles. The number of amides is 2. The molecular weight excluding hydrogens is 399 g/mol. The SMILES string of the molecule is CNc1nc(N2CCN(C(=O)N3N=CC[C@H]3c3cc(F)cc(F)c3)CC2)ncc1F. The number of hydrogen-bond donors (Lipinski definition) is 1. The third kappa shape index (κ3) is 3.87. The second kappa shape index (κ2) is 8.17. The molecule has 11 heteroatoms.